The fraction of sp³-hybridized carbons (Fsp3) is 0.250. The lowest BCUT2D eigenvalue weighted by molar-refractivity contribution is -0.137. The lowest BCUT2D eigenvalue weighted by Crippen LogP contribution is -2.16. The van der Waals surface area contributed by atoms with Gasteiger partial charge in [0.2, 0.25) is 5.91 Å². The maximum absolute atomic E-state index is 12.6. The highest BCUT2D eigenvalue weighted by atomic mass is 79.9. The second-order valence-corrected chi connectivity index (χ2v) is 5.00. The number of alkyl halides is 3. The maximum atomic E-state index is 12.6. The van der Waals surface area contributed by atoms with Crippen molar-refractivity contribution in [2.45, 2.75) is 19.1 Å². The van der Waals surface area contributed by atoms with Crippen molar-refractivity contribution >= 4 is 27.5 Å². The molecule has 0 spiro atoms. The Hall–Kier alpha value is -1.90. The Morgan fingerprint density at radius 2 is 2.14 bits per heavy atom. The number of amides is 1. The normalized spacial score (nSPS) is 11.4. The van der Waals surface area contributed by atoms with Crippen LogP contribution < -0.4 is 5.32 Å². The molecule has 1 aromatic heterocycles. The molecule has 0 aliphatic heterocycles. The van der Waals surface area contributed by atoms with Gasteiger partial charge in [0.05, 0.1) is 17.8 Å². The van der Waals surface area contributed by atoms with E-state index in [2.05, 4.69) is 31.3 Å². The van der Waals surface area contributed by atoms with E-state index in [1.165, 1.54) is 23.4 Å². The number of nitrogens with one attached hydrogen (secondary N) is 1. The average molecular weight is 363 g/mol. The van der Waals surface area contributed by atoms with Crippen molar-refractivity contribution in [2.75, 3.05) is 5.32 Å². The number of aryl methyl sites for hydroxylation is 1. The highest BCUT2D eigenvalue weighted by Gasteiger charge is 2.31. The van der Waals surface area contributed by atoms with Gasteiger partial charge in [-0.1, -0.05) is 0 Å². The van der Waals surface area contributed by atoms with Crippen LogP contribution in [-0.2, 0) is 17.5 Å². The number of hydrogen-bond acceptors (Lipinski definition) is 3. The molecule has 2 aromatic rings. The van der Waals surface area contributed by atoms with Crippen LogP contribution in [0.5, 0.6) is 0 Å². The van der Waals surface area contributed by atoms with Gasteiger partial charge >= 0.3 is 6.18 Å². The van der Waals surface area contributed by atoms with E-state index >= 15 is 0 Å². The number of hydrogen-bond donors (Lipinski definition) is 1. The molecule has 0 saturated carbocycles. The molecule has 1 heterocycles. The number of rotatable bonds is 4. The first kappa shape index (κ1) is 15.5. The minimum Gasteiger partial charge on any atom is -0.325 e. The summed E-state index contributed by atoms with van der Waals surface area (Å²) in [7, 11) is 0. The van der Waals surface area contributed by atoms with Gasteiger partial charge in [0, 0.05) is 10.9 Å². The van der Waals surface area contributed by atoms with Crippen LogP contribution >= 0.6 is 15.9 Å². The lowest BCUT2D eigenvalue weighted by Gasteiger charge is -2.11. The zero-order valence-electron chi connectivity index (χ0n) is 10.6. The fourth-order valence-electron chi connectivity index (χ4n) is 1.57. The Morgan fingerprint density at radius 1 is 1.38 bits per heavy atom. The standard InChI is InChI=1S/C12H10BrF3N4O/c13-9-2-1-8(12(14,15)16)5-10(9)19-11(21)3-4-20-7-17-6-18-20/h1-2,5-7H,3-4H2,(H,19,21). The third-order valence-electron chi connectivity index (χ3n) is 2.60. The van der Waals surface area contributed by atoms with E-state index in [9.17, 15) is 18.0 Å². The summed E-state index contributed by atoms with van der Waals surface area (Å²) >= 11 is 3.11. The molecule has 0 aliphatic rings. The largest absolute Gasteiger partial charge is 0.416 e. The van der Waals surface area contributed by atoms with Crippen molar-refractivity contribution in [1.29, 1.82) is 0 Å². The van der Waals surface area contributed by atoms with Gasteiger partial charge < -0.3 is 5.32 Å². The fourth-order valence-corrected chi connectivity index (χ4v) is 1.92. The van der Waals surface area contributed by atoms with E-state index in [0.717, 1.165) is 12.1 Å². The quantitative estimate of drug-likeness (QED) is 0.908. The van der Waals surface area contributed by atoms with Crippen LogP contribution in [0.4, 0.5) is 18.9 Å². The van der Waals surface area contributed by atoms with E-state index in [-0.39, 0.29) is 12.1 Å². The van der Waals surface area contributed by atoms with Crippen LogP contribution in [0.1, 0.15) is 12.0 Å². The molecule has 0 unspecified atom stereocenters. The maximum Gasteiger partial charge on any atom is 0.416 e. The molecular weight excluding hydrogens is 353 g/mol. The monoisotopic (exact) mass is 362 g/mol. The number of aromatic nitrogens is 3. The highest BCUT2D eigenvalue weighted by molar-refractivity contribution is 9.10. The van der Waals surface area contributed by atoms with Gasteiger partial charge in [-0.15, -0.1) is 0 Å². The summed E-state index contributed by atoms with van der Waals surface area (Å²) in [4.78, 5) is 15.5. The van der Waals surface area contributed by atoms with E-state index in [1.807, 2.05) is 0 Å². The Morgan fingerprint density at radius 3 is 2.76 bits per heavy atom. The van der Waals surface area contributed by atoms with Crippen molar-refractivity contribution in [3.05, 3.63) is 40.9 Å². The molecule has 0 atom stereocenters. The SMILES string of the molecule is O=C(CCn1cncn1)Nc1cc(C(F)(F)F)ccc1Br. The van der Waals surface area contributed by atoms with Crippen molar-refractivity contribution < 1.29 is 18.0 Å². The lowest BCUT2D eigenvalue weighted by atomic mass is 10.2. The zero-order valence-corrected chi connectivity index (χ0v) is 12.1. The van der Waals surface area contributed by atoms with Gasteiger partial charge in [-0.25, -0.2) is 4.98 Å². The number of halogens is 4. The molecular formula is C12H10BrF3N4O. The van der Waals surface area contributed by atoms with Gasteiger partial charge in [-0.3, -0.25) is 9.48 Å². The first-order chi connectivity index (χ1) is 9.86. The van der Waals surface area contributed by atoms with Crippen LogP contribution in [0.25, 0.3) is 0 Å². The number of anilines is 1. The number of carbonyl (C=O) groups excluding carboxylic acids is 1. The van der Waals surface area contributed by atoms with Crippen molar-refractivity contribution in [3.63, 3.8) is 0 Å². The molecule has 0 fully saturated rings. The zero-order chi connectivity index (χ0) is 15.5. The Bertz CT molecular complexity index is 628. The summed E-state index contributed by atoms with van der Waals surface area (Å²) in [5.41, 5.74) is -0.745. The van der Waals surface area contributed by atoms with Crippen LogP contribution in [0, 0.1) is 0 Å². The Balaban J connectivity index is 2.03. The van der Waals surface area contributed by atoms with Crippen LogP contribution in [0.3, 0.4) is 0 Å². The second kappa shape index (κ2) is 6.25. The molecule has 1 N–H and O–H groups in total. The summed E-state index contributed by atoms with van der Waals surface area (Å²) in [6.07, 6.45) is -1.60. The molecule has 0 aliphatic carbocycles. The van der Waals surface area contributed by atoms with E-state index in [1.54, 1.807) is 0 Å². The average Bonchev–Trinajstić information content (AvgIpc) is 2.91. The van der Waals surface area contributed by atoms with Gasteiger partial charge in [0.1, 0.15) is 12.7 Å². The molecule has 2 rings (SSSR count). The van der Waals surface area contributed by atoms with E-state index in [0.29, 0.717) is 11.0 Å². The van der Waals surface area contributed by atoms with Crippen LogP contribution in [0.15, 0.2) is 35.3 Å². The molecule has 112 valence electrons. The van der Waals surface area contributed by atoms with Crippen LogP contribution in [-0.4, -0.2) is 20.7 Å². The van der Waals surface area contributed by atoms with Gasteiger partial charge in [0.25, 0.3) is 0 Å². The summed E-state index contributed by atoms with van der Waals surface area (Å²) in [5, 5.41) is 6.26. The summed E-state index contributed by atoms with van der Waals surface area (Å²) < 4.78 is 39.7. The minimum atomic E-state index is -4.46. The first-order valence-corrected chi connectivity index (χ1v) is 6.64. The van der Waals surface area contributed by atoms with Crippen molar-refractivity contribution in [3.8, 4) is 0 Å². The molecule has 0 saturated heterocycles. The number of carbonyl (C=O) groups is 1. The summed E-state index contributed by atoms with van der Waals surface area (Å²) in [5.74, 6) is -0.412. The third kappa shape index (κ3) is 4.28. The first-order valence-electron chi connectivity index (χ1n) is 5.85. The Labute approximate surface area is 126 Å². The smallest absolute Gasteiger partial charge is 0.325 e. The molecule has 0 bridgehead atoms. The predicted octanol–water partition coefficient (Wildman–Crippen LogP) is 3.09. The van der Waals surface area contributed by atoms with Gasteiger partial charge in [-0.2, -0.15) is 18.3 Å². The molecule has 9 heteroatoms. The molecule has 1 amide bonds. The Kier molecular flexibility index (Phi) is 4.61. The van der Waals surface area contributed by atoms with E-state index < -0.39 is 17.6 Å². The minimum absolute atomic E-state index is 0.0754. The predicted molar refractivity (Wildman–Crippen MR) is 72.4 cm³/mol. The van der Waals surface area contributed by atoms with Gasteiger partial charge in [0.15, 0.2) is 0 Å². The van der Waals surface area contributed by atoms with E-state index in [4.69, 9.17) is 0 Å². The number of nitrogens with zero attached hydrogens (tertiary/aromatic N) is 3. The third-order valence-corrected chi connectivity index (χ3v) is 3.29. The van der Waals surface area contributed by atoms with Crippen molar-refractivity contribution in [1.82, 2.24) is 14.8 Å². The number of benzene rings is 1. The van der Waals surface area contributed by atoms with Gasteiger partial charge in [-0.05, 0) is 34.1 Å². The second-order valence-electron chi connectivity index (χ2n) is 4.15. The molecule has 0 radical (unpaired) electrons. The van der Waals surface area contributed by atoms with Crippen molar-refractivity contribution in [2.24, 2.45) is 0 Å². The van der Waals surface area contributed by atoms with Crippen LogP contribution in [0.2, 0.25) is 0 Å². The highest BCUT2D eigenvalue weighted by Crippen LogP contribution is 2.33. The molecule has 5 nitrogen and oxygen atoms in total. The molecule has 21 heavy (non-hydrogen) atoms. The summed E-state index contributed by atoms with van der Waals surface area (Å²) in [6, 6.07) is 3.07. The molecule has 1 aromatic carbocycles. The summed E-state index contributed by atoms with van der Waals surface area (Å²) in [6.45, 7) is 0.294. The topological polar surface area (TPSA) is 59.8 Å².